The Hall–Kier alpha value is -2.88. The van der Waals surface area contributed by atoms with Crippen LogP contribution in [0.5, 0.6) is 0 Å². The largest absolute Gasteiger partial charge is 0.362 e. The van der Waals surface area contributed by atoms with Gasteiger partial charge >= 0.3 is 5.97 Å². The summed E-state index contributed by atoms with van der Waals surface area (Å²) >= 11 is 0. The number of oxime groups is 1. The maximum Gasteiger partial charge on any atom is 0.347 e. The lowest BCUT2D eigenvalue weighted by Crippen LogP contribution is -2.17. The fourth-order valence-electron chi connectivity index (χ4n) is 2.11. The Morgan fingerprint density at radius 3 is 2.38 bits per heavy atom. The number of nitrogens with one attached hydrogen (secondary N) is 1. The van der Waals surface area contributed by atoms with E-state index in [1.807, 2.05) is 60.7 Å². The highest BCUT2D eigenvalue weighted by Gasteiger charge is 2.31. The van der Waals surface area contributed by atoms with Crippen LogP contribution in [0.15, 0.2) is 78.1 Å². The molecule has 1 heterocycles. The van der Waals surface area contributed by atoms with Gasteiger partial charge in [-0.25, -0.2) is 4.79 Å². The predicted octanol–water partition coefficient (Wildman–Crippen LogP) is 3.19. The molecule has 1 N–H and O–H groups in total. The molecule has 2 aromatic carbocycles. The number of benzene rings is 2. The van der Waals surface area contributed by atoms with Gasteiger partial charge in [0.1, 0.15) is 11.6 Å². The Bertz CT molecular complexity index is 678. The number of carbonyl (C=O) groups is 1. The van der Waals surface area contributed by atoms with Gasteiger partial charge in [-0.3, -0.25) is 0 Å². The molecule has 0 fully saturated rings. The SMILES string of the molecule is O=C1ON=C(c2ccccc2)C1/C=C/Nc1ccccc1. The van der Waals surface area contributed by atoms with Crippen molar-refractivity contribution in [1.82, 2.24) is 0 Å². The summed E-state index contributed by atoms with van der Waals surface area (Å²) in [6, 6.07) is 19.3. The molecule has 4 heteroatoms. The van der Waals surface area contributed by atoms with Crippen LogP contribution in [-0.4, -0.2) is 11.7 Å². The van der Waals surface area contributed by atoms with Gasteiger partial charge in [0.15, 0.2) is 0 Å². The second-order valence-corrected chi connectivity index (χ2v) is 4.60. The monoisotopic (exact) mass is 278 g/mol. The van der Waals surface area contributed by atoms with Crippen molar-refractivity contribution in [2.24, 2.45) is 11.1 Å². The van der Waals surface area contributed by atoms with Gasteiger partial charge in [0, 0.05) is 11.3 Å². The van der Waals surface area contributed by atoms with Crippen LogP contribution >= 0.6 is 0 Å². The summed E-state index contributed by atoms with van der Waals surface area (Å²) in [5, 5.41) is 7.00. The van der Waals surface area contributed by atoms with Gasteiger partial charge in [0.05, 0.1) is 0 Å². The van der Waals surface area contributed by atoms with Crippen LogP contribution in [0.2, 0.25) is 0 Å². The summed E-state index contributed by atoms with van der Waals surface area (Å²) in [5.74, 6) is -0.844. The second-order valence-electron chi connectivity index (χ2n) is 4.60. The standard InChI is InChI=1S/C17H14N2O2/c20-17-15(11-12-18-14-9-5-2-6-10-14)16(19-21-17)13-7-3-1-4-8-13/h1-12,15,18H/b12-11+. The van der Waals surface area contributed by atoms with Crippen LogP contribution in [0.4, 0.5) is 5.69 Å². The Morgan fingerprint density at radius 1 is 1.00 bits per heavy atom. The van der Waals surface area contributed by atoms with Crippen molar-refractivity contribution in [3.05, 3.63) is 78.5 Å². The number of hydrogen-bond donors (Lipinski definition) is 1. The molecule has 1 atom stereocenters. The summed E-state index contributed by atoms with van der Waals surface area (Å²) in [5.41, 5.74) is 2.47. The third kappa shape index (κ3) is 3.00. The normalized spacial score (nSPS) is 17.6. The Kier molecular flexibility index (Phi) is 3.78. The molecular formula is C17H14N2O2. The highest BCUT2D eigenvalue weighted by Crippen LogP contribution is 2.19. The fraction of sp³-hybridized carbons (Fsp3) is 0.0588. The lowest BCUT2D eigenvalue weighted by molar-refractivity contribution is -0.142. The minimum atomic E-state index is -0.483. The summed E-state index contributed by atoms with van der Waals surface area (Å²) in [4.78, 5) is 16.6. The average Bonchev–Trinajstić information content (AvgIpc) is 2.91. The first-order chi connectivity index (χ1) is 10.3. The molecule has 0 saturated heterocycles. The van der Waals surface area contributed by atoms with Crippen molar-refractivity contribution in [1.29, 1.82) is 0 Å². The summed E-state index contributed by atoms with van der Waals surface area (Å²) in [6.07, 6.45) is 3.50. The number of hydrogen-bond acceptors (Lipinski definition) is 4. The zero-order valence-corrected chi connectivity index (χ0v) is 11.3. The van der Waals surface area contributed by atoms with E-state index in [9.17, 15) is 4.79 Å². The topological polar surface area (TPSA) is 50.7 Å². The first-order valence-electron chi connectivity index (χ1n) is 6.67. The highest BCUT2D eigenvalue weighted by molar-refractivity contribution is 6.15. The molecule has 0 spiro atoms. The van der Waals surface area contributed by atoms with E-state index in [4.69, 9.17) is 4.84 Å². The molecule has 2 aromatic rings. The van der Waals surface area contributed by atoms with Gasteiger partial charge in [0.25, 0.3) is 0 Å². The van der Waals surface area contributed by atoms with E-state index in [0.717, 1.165) is 11.3 Å². The van der Waals surface area contributed by atoms with Crippen molar-refractivity contribution < 1.29 is 9.63 Å². The van der Waals surface area contributed by atoms with Gasteiger partial charge < -0.3 is 10.2 Å². The maximum absolute atomic E-state index is 11.8. The van der Waals surface area contributed by atoms with E-state index >= 15 is 0 Å². The molecule has 1 aliphatic heterocycles. The van der Waals surface area contributed by atoms with Crippen molar-refractivity contribution in [2.45, 2.75) is 0 Å². The second kappa shape index (κ2) is 6.05. The van der Waals surface area contributed by atoms with Crippen molar-refractivity contribution in [3.63, 3.8) is 0 Å². The first-order valence-corrected chi connectivity index (χ1v) is 6.67. The molecule has 4 nitrogen and oxygen atoms in total. The summed E-state index contributed by atoms with van der Waals surface area (Å²) < 4.78 is 0. The van der Waals surface area contributed by atoms with Crippen LogP contribution in [-0.2, 0) is 9.63 Å². The molecule has 0 bridgehead atoms. The summed E-state index contributed by atoms with van der Waals surface area (Å²) in [6.45, 7) is 0. The summed E-state index contributed by atoms with van der Waals surface area (Å²) in [7, 11) is 0. The molecule has 0 amide bonds. The lowest BCUT2D eigenvalue weighted by atomic mass is 9.97. The zero-order chi connectivity index (χ0) is 14.5. The fourth-order valence-corrected chi connectivity index (χ4v) is 2.11. The molecule has 0 saturated carbocycles. The highest BCUT2D eigenvalue weighted by atomic mass is 16.7. The van der Waals surface area contributed by atoms with E-state index in [1.165, 1.54) is 0 Å². The predicted molar refractivity (Wildman–Crippen MR) is 81.8 cm³/mol. The molecule has 0 aliphatic carbocycles. The Balaban J connectivity index is 1.74. The molecule has 3 rings (SSSR count). The van der Waals surface area contributed by atoms with Gasteiger partial charge in [0.2, 0.25) is 0 Å². The van der Waals surface area contributed by atoms with Gasteiger partial charge in [-0.2, -0.15) is 0 Å². The van der Waals surface area contributed by atoms with Gasteiger partial charge in [-0.1, -0.05) is 53.7 Å². The van der Waals surface area contributed by atoms with Gasteiger partial charge in [-0.05, 0) is 24.4 Å². The number of para-hydroxylation sites is 1. The van der Waals surface area contributed by atoms with Crippen molar-refractivity contribution >= 4 is 17.4 Å². The molecule has 21 heavy (non-hydrogen) atoms. The van der Waals surface area contributed by atoms with E-state index in [2.05, 4.69) is 10.5 Å². The van der Waals surface area contributed by atoms with Gasteiger partial charge in [-0.15, -0.1) is 0 Å². The van der Waals surface area contributed by atoms with E-state index in [1.54, 1.807) is 12.3 Å². The Morgan fingerprint density at radius 2 is 1.67 bits per heavy atom. The molecule has 1 unspecified atom stereocenters. The van der Waals surface area contributed by atoms with Crippen LogP contribution in [0.1, 0.15) is 5.56 Å². The molecule has 104 valence electrons. The average molecular weight is 278 g/mol. The van der Waals surface area contributed by atoms with Crippen molar-refractivity contribution in [3.8, 4) is 0 Å². The minimum Gasteiger partial charge on any atom is -0.362 e. The number of rotatable bonds is 4. The van der Waals surface area contributed by atoms with Crippen LogP contribution in [0, 0.1) is 5.92 Å². The third-order valence-corrected chi connectivity index (χ3v) is 3.16. The van der Waals surface area contributed by atoms with Crippen LogP contribution in [0.25, 0.3) is 0 Å². The number of nitrogens with zero attached hydrogens (tertiary/aromatic N) is 1. The number of anilines is 1. The third-order valence-electron chi connectivity index (χ3n) is 3.16. The molecule has 0 aromatic heterocycles. The Labute approximate surface area is 122 Å². The zero-order valence-electron chi connectivity index (χ0n) is 11.3. The quantitative estimate of drug-likeness (QED) is 0.874. The minimum absolute atomic E-state index is 0.361. The van der Waals surface area contributed by atoms with Crippen LogP contribution in [0.3, 0.4) is 0 Å². The smallest absolute Gasteiger partial charge is 0.347 e. The van der Waals surface area contributed by atoms with Crippen LogP contribution < -0.4 is 5.32 Å². The molecule has 0 radical (unpaired) electrons. The number of carbonyl (C=O) groups excluding carboxylic acids is 1. The first kappa shape index (κ1) is 13.1. The molecule has 1 aliphatic rings. The lowest BCUT2D eigenvalue weighted by Gasteiger charge is -2.05. The van der Waals surface area contributed by atoms with Crippen molar-refractivity contribution in [2.75, 3.05) is 5.32 Å². The maximum atomic E-state index is 11.8. The van der Waals surface area contributed by atoms with E-state index < -0.39 is 5.92 Å². The van der Waals surface area contributed by atoms with E-state index in [0.29, 0.717) is 5.71 Å². The molecular weight excluding hydrogens is 264 g/mol. The van der Waals surface area contributed by atoms with E-state index in [-0.39, 0.29) is 5.97 Å².